The number of carbonyl (C=O) groups excluding carboxylic acids is 4. The first kappa shape index (κ1) is 44.3. The standard InChI is InChI=1S/C29H35N11O11S.O.Tc/c30-15(24(45)37-17(7-20(42)43)25(46)38-18(11-52)28(50)51)10-33-19(41)6-5-16(27(48)49)36-23(44)12-1-3-13(4-2-12)32-8-14-9-34-22-21(35-14)26(47)40-29(31)39-22;;/h1-4,9,15-18H,5-8,10-11,30H2,(H12,31,32,33,34,36,37,38,39,40,41,42,43,44,45,46,47,48,49,50,51,52);;/q;;+3/p-3/t15-,16+,17-,18-;;/m0../s1/i;;1+1. The van der Waals surface area contributed by atoms with Gasteiger partial charge in [0, 0.05) is 36.5 Å². The van der Waals surface area contributed by atoms with Crippen molar-refractivity contribution in [2.24, 2.45) is 5.73 Å². The number of amides is 4. The molecule has 0 radical (unpaired) electrons. The van der Waals surface area contributed by atoms with Gasteiger partial charge < -0.3 is 75.6 Å². The summed E-state index contributed by atoms with van der Waals surface area (Å²) < 4.78 is 8.22. The van der Waals surface area contributed by atoms with Crippen LogP contribution in [-0.2, 0) is 70.3 Å². The van der Waals surface area contributed by atoms with E-state index in [0.29, 0.717) is 11.4 Å². The number of hydrogen-bond acceptors (Lipinski definition) is 16. The summed E-state index contributed by atoms with van der Waals surface area (Å²) in [5, 5.41) is 42.0. The van der Waals surface area contributed by atoms with Crippen molar-refractivity contribution in [1.82, 2.24) is 30.6 Å². The number of nitrogens with zero attached hydrogens (tertiary/aromatic N) is 5. The van der Waals surface area contributed by atoms with Gasteiger partial charge in [0.05, 0.1) is 30.4 Å². The molecule has 3 rings (SSSR count). The molecule has 0 bridgehead atoms. The number of nitrogens with two attached hydrogens (primary N) is 2. The molecule has 0 spiro atoms. The molecule has 11 N–H and O–H groups in total. The number of nitrogen functional groups attached to an aromatic ring is 1. The van der Waals surface area contributed by atoms with Crippen molar-refractivity contribution < 1.29 is 71.2 Å². The fourth-order valence-corrected chi connectivity index (χ4v) is 4.39. The number of carboxylic acids is 3. The van der Waals surface area contributed by atoms with Crippen LogP contribution in [0.3, 0.4) is 0 Å². The molecule has 4 amide bonds. The third-order valence-electron chi connectivity index (χ3n) is 6.87. The summed E-state index contributed by atoms with van der Waals surface area (Å²) in [5.41, 5.74) is 11.8. The molecule has 2 aromatic heterocycles. The Labute approximate surface area is 319 Å². The normalized spacial score (nSPS) is 12.7. The molecular formula is C29H32N11O12STc. The zero-order chi connectivity index (χ0) is 40.5. The molecule has 54 heavy (non-hydrogen) atoms. The molecule has 0 fully saturated rings. The third kappa shape index (κ3) is 13.9. The van der Waals surface area contributed by atoms with Crippen LogP contribution in [-0.4, -0.2) is 113 Å². The molecule has 3 aromatic rings. The van der Waals surface area contributed by atoms with Crippen LogP contribution in [0.1, 0.15) is 35.3 Å². The van der Waals surface area contributed by atoms with Crippen LogP contribution in [0.5, 0.6) is 0 Å². The van der Waals surface area contributed by atoms with Crippen molar-refractivity contribution in [2.75, 3.05) is 23.3 Å². The van der Waals surface area contributed by atoms with Crippen LogP contribution in [0, 0.1) is 0 Å². The average Bonchev–Trinajstić information content (AvgIpc) is 3.13. The number of aromatic amines is 1. The molecule has 0 aliphatic rings. The van der Waals surface area contributed by atoms with Gasteiger partial charge >= 0.3 is 34.3 Å². The molecule has 1 aromatic carbocycles. The van der Waals surface area contributed by atoms with Gasteiger partial charge in [0.1, 0.15) is 6.04 Å². The Hall–Kier alpha value is -5.91. The minimum absolute atomic E-state index is 0.00430. The van der Waals surface area contributed by atoms with Gasteiger partial charge in [0.25, 0.3) is 17.4 Å². The second kappa shape index (κ2) is 21.6. The van der Waals surface area contributed by atoms with Crippen molar-refractivity contribution in [3.8, 4) is 0 Å². The third-order valence-corrected chi connectivity index (χ3v) is 7.18. The van der Waals surface area contributed by atoms with Crippen LogP contribution in [0.15, 0.2) is 35.3 Å². The van der Waals surface area contributed by atoms with Crippen molar-refractivity contribution in [2.45, 2.75) is 50.0 Å². The summed E-state index contributed by atoms with van der Waals surface area (Å²) >= 11 is 5.50. The van der Waals surface area contributed by atoms with Gasteiger partial charge in [0.2, 0.25) is 11.9 Å². The van der Waals surface area contributed by atoms with Gasteiger partial charge in [-0.15, -0.1) is 0 Å². The second-order valence-corrected chi connectivity index (χ2v) is 11.1. The summed E-state index contributed by atoms with van der Waals surface area (Å²) in [6.07, 6.45) is -0.377. The average molecular weight is 858 g/mol. The summed E-state index contributed by atoms with van der Waals surface area (Å²) in [6, 6.07) is -0.667. The first-order valence-electron chi connectivity index (χ1n) is 15.2. The van der Waals surface area contributed by atoms with Gasteiger partial charge in [-0.05, 0) is 36.7 Å². The Balaban J connectivity index is 0.00000495. The zero-order valence-corrected chi connectivity index (χ0v) is 30.3. The van der Waals surface area contributed by atoms with E-state index in [2.05, 4.69) is 59.1 Å². The van der Waals surface area contributed by atoms with E-state index >= 15 is 0 Å². The number of aromatic nitrogens is 4. The van der Waals surface area contributed by atoms with Crippen molar-refractivity contribution in [3.05, 3.63) is 62.7 Å². The topological polar surface area (TPSA) is 385 Å². The number of anilines is 2. The molecule has 288 valence electrons. The Morgan fingerprint density at radius 1 is 0.944 bits per heavy atom. The predicted molar refractivity (Wildman–Crippen MR) is 182 cm³/mol. The monoisotopic (exact) mass is 857 g/mol. The summed E-state index contributed by atoms with van der Waals surface area (Å²) in [5.74, 6) is -9.11. The van der Waals surface area contributed by atoms with Crippen LogP contribution in [0.25, 0.3) is 21.8 Å². The molecule has 2 heterocycles. The van der Waals surface area contributed by atoms with E-state index in [9.17, 15) is 43.5 Å². The first-order valence-corrected chi connectivity index (χ1v) is 16.5. The molecular weight excluding hydrogens is 825 g/mol. The van der Waals surface area contributed by atoms with Gasteiger partial charge in [-0.1, -0.05) is 6.04 Å². The summed E-state index contributed by atoms with van der Waals surface area (Å²) in [4.78, 5) is 110. The number of rotatable bonds is 19. The van der Waals surface area contributed by atoms with E-state index < -0.39 is 96.4 Å². The van der Waals surface area contributed by atoms with E-state index in [4.69, 9.17) is 25.2 Å². The van der Waals surface area contributed by atoms with Crippen LogP contribution in [0.2, 0.25) is 0 Å². The Morgan fingerprint density at radius 2 is 1.59 bits per heavy atom. The van der Waals surface area contributed by atoms with Crippen LogP contribution in [0.4, 0.5) is 11.6 Å². The number of carboxylic acid groups (broad SMARTS) is 3. The number of carbonyl (C=O) groups is 7. The zero-order valence-electron chi connectivity index (χ0n) is 27.6. The summed E-state index contributed by atoms with van der Waals surface area (Å²) in [7, 11) is 0. The molecule has 4 atom stereocenters. The number of fused-ring (bicyclic) bond motifs is 1. The van der Waals surface area contributed by atoms with Crippen LogP contribution < -0.4 is 33.0 Å². The fraction of sp³-hybridized carbons (Fsp3) is 0.345. The number of aliphatic carboxylic acids is 3. The van der Waals surface area contributed by atoms with Crippen molar-refractivity contribution >= 4 is 77.0 Å². The predicted octanol–water partition coefficient (Wildman–Crippen LogP) is -2.16. The number of hydrogen-bond donors (Lipinski definition) is 9. The van der Waals surface area contributed by atoms with E-state index in [1.807, 2.05) is 0 Å². The fourth-order valence-electron chi connectivity index (χ4n) is 4.17. The molecule has 23 nitrogen and oxygen atoms in total. The Kier molecular flexibility index (Phi) is 17.7. The maximum absolute atomic E-state index is 12.8. The molecule has 0 saturated carbocycles. The molecule has 0 saturated heterocycles. The SMILES string of the molecule is Nc1nc2ncc(CNc3ccc(C(=O)N[C@H](CCC(=O)NC[C@H](N)C(=O)[N-][C@@H](CC(=O)O)C(=O)[N-][C@@H](C[S-])C(=O)O)C(=O)O)cc3)nc2c(=O)[nH]1.[O]=[99Tc+3]. The Bertz CT molecular complexity index is 1920. The van der Waals surface area contributed by atoms with Gasteiger partial charge in [-0.25, -0.2) is 14.8 Å². The number of benzene rings is 1. The molecule has 0 aliphatic heterocycles. The van der Waals surface area contributed by atoms with E-state index in [-0.39, 0.29) is 35.6 Å². The van der Waals surface area contributed by atoms with Gasteiger partial charge in [-0.2, -0.15) is 10.7 Å². The minimum atomic E-state index is -1.89. The van der Waals surface area contributed by atoms with Gasteiger partial charge in [0.15, 0.2) is 11.2 Å². The van der Waals surface area contributed by atoms with Crippen molar-refractivity contribution in [1.29, 1.82) is 0 Å². The molecule has 0 unspecified atom stereocenters. The Morgan fingerprint density at radius 3 is 2.19 bits per heavy atom. The molecule has 0 aliphatic carbocycles. The maximum atomic E-state index is 12.8. The van der Waals surface area contributed by atoms with E-state index in [0.717, 1.165) is 18.9 Å². The molecule has 25 heteroatoms. The number of nitrogens with one attached hydrogen (secondary N) is 4. The first-order chi connectivity index (χ1) is 25.6. The second-order valence-electron chi connectivity index (χ2n) is 10.8. The quantitative estimate of drug-likeness (QED) is 0.0580. The van der Waals surface area contributed by atoms with Crippen LogP contribution >= 0.6 is 0 Å². The van der Waals surface area contributed by atoms with Crippen molar-refractivity contribution in [3.63, 3.8) is 0 Å². The van der Waals surface area contributed by atoms with Gasteiger partial charge in [-0.3, -0.25) is 29.0 Å². The summed E-state index contributed by atoms with van der Waals surface area (Å²) in [6.45, 7) is -0.389. The van der Waals surface area contributed by atoms with E-state index in [1.54, 1.807) is 12.1 Å². The number of H-pyrrole nitrogens is 1. The van der Waals surface area contributed by atoms with E-state index in [1.165, 1.54) is 18.3 Å².